The topological polar surface area (TPSA) is 98.9 Å². The molecule has 0 fully saturated rings. The first-order chi connectivity index (χ1) is 12.4. The van der Waals surface area contributed by atoms with Crippen LogP contribution >= 0.6 is 11.3 Å². The number of aliphatic carboxylic acids is 1. The van der Waals surface area contributed by atoms with Crippen molar-refractivity contribution in [2.24, 2.45) is 5.73 Å². The molecule has 27 heavy (non-hydrogen) atoms. The van der Waals surface area contributed by atoms with Crippen LogP contribution in [0.3, 0.4) is 0 Å². The minimum atomic E-state index is -2.68. The van der Waals surface area contributed by atoms with Crippen molar-refractivity contribution in [2.45, 2.75) is 76.7 Å². The Balaban J connectivity index is 3.60. The number of carboxylic acid groups (broad SMARTS) is 1. The van der Waals surface area contributed by atoms with Crippen LogP contribution in [0.5, 0.6) is 0 Å². The molecule has 0 bridgehead atoms. The summed E-state index contributed by atoms with van der Waals surface area (Å²) in [6, 6.07) is 1.70. The summed E-state index contributed by atoms with van der Waals surface area (Å²) in [6.45, 7) is 14.1. The number of carbonyl (C=O) groups excluding carboxylic acids is 1. The average Bonchev–Trinajstić information content (AvgIpc) is 3.05. The maximum absolute atomic E-state index is 12.8. The SMILES string of the molecule is CCOC(=O)[C@@H](c1ccsc1)[C@@](N)(O[Si](C(C)C)(C(C)C)C(C)C)C(=O)O. The standard InChI is InChI=1S/C19H33NO5SSi/c1-8-24-17(21)16(15-9-10-26-11-15)19(20,18(22)23)25-27(12(2)3,13(4)5)14(6)7/h9-14,16H,8,20H2,1-7H3,(H,22,23)/t16-,19-/m1/s1. The van der Waals surface area contributed by atoms with Crippen molar-refractivity contribution in [3.05, 3.63) is 22.4 Å². The molecule has 2 atom stereocenters. The van der Waals surface area contributed by atoms with E-state index in [4.69, 9.17) is 14.9 Å². The van der Waals surface area contributed by atoms with E-state index in [0.29, 0.717) is 5.56 Å². The van der Waals surface area contributed by atoms with Crippen molar-refractivity contribution in [1.82, 2.24) is 0 Å². The fourth-order valence-corrected chi connectivity index (χ4v) is 10.3. The molecule has 0 aliphatic carbocycles. The van der Waals surface area contributed by atoms with E-state index in [-0.39, 0.29) is 23.2 Å². The van der Waals surface area contributed by atoms with E-state index in [9.17, 15) is 14.7 Å². The minimum absolute atomic E-state index is 0.116. The smallest absolute Gasteiger partial charge is 0.351 e. The highest BCUT2D eigenvalue weighted by Crippen LogP contribution is 2.46. The zero-order valence-corrected chi connectivity index (χ0v) is 19.1. The molecular formula is C19H33NO5SSi. The van der Waals surface area contributed by atoms with Gasteiger partial charge in [-0.1, -0.05) is 41.5 Å². The van der Waals surface area contributed by atoms with Crippen LogP contribution in [0, 0.1) is 0 Å². The molecule has 0 radical (unpaired) electrons. The van der Waals surface area contributed by atoms with Crippen molar-refractivity contribution < 1.29 is 23.9 Å². The Kier molecular flexibility index (Phi) is 8.22. The van der Waals surface area contributed by atoms with Gasteiger partial charge in [-0.05, 0) is 45.9 Å². The van der Waals surface area contributed by atoms with Crippen LogP contribution in [-0.4, -0.2) is 37.7 Å². The Morgan fingerprint density at radius 2 is 1.70 bits per heavy atom. The van der Waals surface area contributed by atoms with Crippen LogP contribution in [0.15, 0.2) is 16.8 Å². The zero-order valence-electron chi connectivity index (χ0n) is 17.3. The number of hydrogen-bond acceptors (Lipinski definition) is 6. The molecule has 0 saturated heterocycles. The van der Waals surface area contributed by atoms with Crippen molar-refractivity contribution in [2.75, 3.05) is 6.61 Å². The van der Waals surface area contributed by atoms with E-state index in [1.165, 1.54) is 11.3 Å². The molecule has 0 aliphatic heterocycles. The summed E-state index contributed by atoms with van der Waals surface area (Å²) in [4.78, 5) is 25.1. The number of hydrogen-bond donors (Lipinski definition) is 2. The third-order valence-corrected chi connectivity index (χ3v) is 12.0. The largest absolute Gasteiger partial charge is 0.478 e. The Bertz CT molecular complexity index is 610. The second-order valence-electron chi connectivity index (χ2n) is 7.76. The number of carboxylic acids is 1. The molecule has 0 aliphatic rings. The Morgan fingerprint density at radius 3 is 2.04 bits per heavy atom. The van der Waals surface area contributed by atoms with Gasteiger partial charge in [0.2, 0.25) is 14.0 Å². The maximum Gasteiger partial charge on any atom is 0.351 e. The molecule has 1 aromatic rings. The number of carbonyl (C=O) groups is 2. The summed E-state index contributed by atoms with van der Waals surface area (Å²) in [5, 5.41) is 13.6. The highest BCUT2D eigenvalue weighted by Gasteiger charge is 2.57. The van der Waals surface area contributed by atoms with Crippen molar-refractivity contribution in [1.29, 1.82) is 0 Å². The molecule has 0 amide bonds. The van der Waals surface area contributed by atoms with Crippen LogP contribution in [0.2, 0.25) is 16.6 Å². The van der Waals surface area contributed by atoms with E-state index >= 15 is 0 Å². The fourth-order valence-electron chi connectivity index (χ4n) is 4.10. The molecule has 1 rings (SSSR count). The van der Waals surface area contributed by atoms with Gasteiger partial charge in [0.25, 0.3) is 0 Å². The predicted octanol–water partition coefficient (Wildman–Crippen LogP) is 4.33. The van der Waals surface area contributed by atoms with Crippen LogP contribution < -0.4 is 5.73 Å². The van der Waals surface area contributed by atoms with E-state index in [2.05, 4.69) is 0 Å². The molecular weight excluding hydrogens is 382 g/mol. The quantitative estimate of drug-likeness (QED) is 0.335. The zero-order chi connectivity index (χ0) is 21.0. The normalized spacial score (nSPS) is 15.8. The third kappa shape index (κ3) is 4.61. The highest BCUT2D eigenvalue weighted by atomic mass is 32.1. The molecule has 0 spiro atoms. The molecule has 1 aromatic heterocycles. The third-order valence-electron chi connectivity index (χ3n) is 5.21. The molecule has 8 heteroatoms. The average molecular weight is 416 g/mol. The van der Waals surface area contributed by atoms with Crippen molar-refractivity contribution in [3.8, 4) is 0 Å². The number of ether oxygens (including phenoxy) is 1. The summed E-state index contributed by atoms with van der Waals surface area (Å²) in [6.07, 6.45) is 0. The first-order valence-corrected chi connectivity index (χ1v) is 12.4. The van der Waals surface area contributed by atoms with Gasteiger partial charge in [0.15, 0.2) is 0 Å². The molecule has 1 heterocycles. The first kappa shape index (κ1) is 23.8. The summed E-state index contributed by atoms with van der Waals surface area (Å²) in [5.41, 5.74) is 5.08. The van der Waals surface area contributed by atoms with Gasteiger partial charge in [-0.2, -0.15) is 11.3 Å². The lowest BCUT2D eigenvalue weighted by Crippen LogP contribution is -2.65. The van der Waals surface area contributed by atoms with E-state index in [1.54, 1.807) is 23.8 Å². The van der Waals surface area contributed by atoms with Crippen molar-refractivity contribution >= 4 is 31.6 Å². The lowest BCUT2D eigenvalue weighted by atomic mass is 9.90. The van der Waals surface area contributed by atoms with Gasteiger partial charge in [0.1, 0.15) is 5.92 Å². The lowest BCUT2D eigenvalue weighted by molar-refractivity contribution is -0.168. The van der Waals surface area contributed by atoms with Gasteiger partial charge in [-0.25, -0.2) is 4.79 Å². The Labute approximate surface area is 167 Å². The van der Waals surface area contributed by atoms with Crippen LogP contribution in [-0.2, 0) is 18.8 Å². The van der Waals surface area contributed by atoms with Gasteiger partial charge in [0, 0.05) is 0 Å². The number of nitrogens with two attached hydrogens (primary N) is 1. The Hall–Kier alpha value is -1.22. The molecule has 0 aromatic carbocycles. The second kappa shape index (κ2) is 9.32. The highest BCUT2D eigenvalue weighted by molar-refractivity contribution is 7.08. The summed E-state index contributed by atoms with van der Waals surface area (Å²) >= 11 is 1.37. The van der Waals surface area contributed by atoms with Crippen LogP contribution in [0.1, 0.15) is 59.9 Å². The Morgan fingerprint density at radius 1 is 1.19 bits per heavy atom. The molecule has 154 valence electrons. The van der Waals surface area contributed by atoms with E-state index in [1.807, 2.05) is 41.5 Å². The van der Waals surface area contributed by atoms with E-state index < -0.39 is 31.9 Å². The predicted molar refractivity (Wildman–Crippen MR) is 110 cm³/mol. The van der Waals surface area contributed by atoms with Gasteiger partial charge >= 0.3 is 11.9 Å². The monoisotopic (exact) mass is 415 g/mol. The lowest BCUT2D eigenvalue weighted by Gasteiger charge is -2.48. The number of thiophene rings is 1. The molecule has 0 saturated carbocycles. The van der Waals surface area contributed by atoms with Gasteiger partial charge in [-0.3, -0.25) is 10.5 Å². The number of rotatable bonds is 10. The first-order valence-electron chi connectivity index (χ1n) is 9.36. The van der Waals surface area contributed by atoms with E-state index in [0.717, 1.165) is 0 Å². The van der Waals surface area contributed by atoms with Crippen LogP contribution in [0.4, 0.5) is 0 Å². The van der Waals surface area contributed by atoms with Gasteiger partial charge < -0.3 is 14.3 Å². The molecule has 6 nitrogen and oxygen atoms in total. The molecule has 3 N–H and O–H groups in total. The number of esters is 1. The summed E-state index contributed by atoms with van der Waals surface area (Å²) < 4.78 is 11.6. The fraction of sp³-hybridized carbons (Fsp3) is 0.684. The van der Waals surface area contributed by atoms with Gasteiger partial charge in [-0.15, -0.1) is 0 Å². The van der Waals surface area contributed by atoms with Crippen LogP contribution in [0.25, 0.3) is 0 Å². The summed E-state index contributed by atoms with van der Waals surface area (Å²) in [7, 11) is -2.68. The maximum atomic E-state index is 12.8. The minimum Gasteiger partial charge on any atom is -0.478 e. The summed E-state index contributed by atoms with van der Waals surface area (Å²) in [5.74, 6) is -3.27. The second-order valence-corrected chi connectivity index (χ2v) is 13.9. The van der Waals surface area contributed by atoms with Crippen molar-refractivity contribution in [3.63, 3.8) is 0 Å². The molecule has 0 unspecified atom stereocenters. The van der Waals surface area contributed by atoms with Gasteiger partial charge in [0.05, 0.1) is 6.61 Å².